The lowest BCUT2D eigenvalue weighted by atomic mass is 9.75. The molecule has 3 amide bonds. The molecule has 1 spiro atoms. The molecule has 2 aromatic rings. The van der Waals surface area contributed by atoms with Crippen LogP contribution in [0.3, 0.4) is 0 Å². The number of hydrogen-bond donors (Lipinski definition) is 1. The van der Waals surface area contributed by atoms with E-state index >= 15 is 0 Å². The zero-order valence-electron chi connectivity index (χ0n) is 16.1. The molecule has 158 valence electrons. The zero-order valence-corrected chi connectivity index (χ0v) is 18.3. The fourth-order valence-corrected chi connectivity index (χ4v) is 6.61. The summed E-state index contributed by atoms with van der Waals surface area (Å²) in [7, 11) is 0. The first-order valence-electron chi connectivity index (χ1n) is 10.1. The number of halogens is 3. The fourth-order valence-electron chi connectivity index (χ4n) is 6.07. The van der Waals surface area contributed by atoms with E-state index in [0.29, 0.717) is 27.8 Å². The SMILES string of the molecule is O=C1[C@H]2[C@H]3CCCN3[C@]3(C(=O)Nc4ccc(Cl)cc43)[C@@H]2C(=O)N1c1cc(Cl)ccc1Cl. The summed E-state index contributed by atoms with van der Waals surface area (Å²) in [5.41, 5.74) is 0.270. The number of amides is 3. The highest BCUT2D eigenvalue weighted by Crippen LogP contribution is 2.61. The Morgan fingerprint density at radius 1 is 0.968 bits per heavy atom. The van der Waals surface area contributed by atoms with E-state index in [1.54, 1.807) is 30.3 Å². The van der Waals surface area contributed by atoms with E-state index in [-0.39, 0.29) is 28.6 Å². The summed E-state index contributed by atoms with van der Waals surface area (Å²) in [6, 6.07) is 9.65. The molecule has 0 radical (unpaired) electrons. The van der Waals surface area contributed by atoms with E-state index < -0.39 is 23.3 Å². The van der Waals surface area contributed by atoms with Crippen LogP contribution >= 0.6 is 34.8 Å². The number of carbonyl (C=O) groups excluding carboxylic acids is 3. The van der Waals surface area contributed by atoms with E-state index in [1.807, 2.05) is 4.90 Å². The lowest BCUT2D eigenvalue weighted by Gasteiger charge is -2.36. The molecule has 1 N–H and O–H groups in total. The summed E-state index contributed by atoms with van der Waals surface area (Å²) in [6.07, 6.45) is 1.58. The van der Waals surface area contributed by atoms with Gasteiger partial charge in [-0.25, -0.2) is 4.90 Å². The third kappa shape index (κ3) is 2.31. The number of anilines is 2. The molecule has 0 aromatic heterocycles. The molecule has 6 rings (SSSR count). The minimum atomic E-state index is -1.27. The smallest absolute Gasteiger partial charge is 0.250 e. The second-order valence-corrected chi connectivity index (χ2v) is 9.70. The average Bonchev–Trinajstić information content (AvgIpc) is 3.43. The van der Waals surface area contributed by atoms with Gasteiger partial charge in [-0.2, -0.15) is 0 Å². The quantitative estimate of drug-likeness (QED) is 0.630. The summed E-state index contributed by atoms with van der Waals surface area (Å²) in [4.78, 5) is 44.2. The lowest BCUT2D eigenvalue weighted by Crippen LogP contribution is -2.54. The lowest BCUT2D eigenvalue weighted by molar-refractivity contribution is -0.135. The van der Waals surface area contributed by atoms with Gasteiger partial charge in [-0.3, -0.25) is 19.3 Å². The second kappa shape index (κ2) is 6.45. The Hall–Kier alpha value is -2.12. The molecular formula is C22H16Cl3N3O3. The van der Waals surface area contributed by atoms with Crippen LogP contribution in [0.2, 0.25) is 15.1 Å². The van der Waals surface area contributed by atoms with Gasteiger partial charge in [-0.1, -0.05) is 34.8 Å². The molecule has 3 fully saturated rings. The van der Waals surface area contributed by atoms with Gasteiger partial charge in [0.25, 0.3) is 0 Å². The van der Waals surface area contributed by atoms with Crippen LogP contribution in [0.5, 0.6) is 0 Å². The van der Waals surface area contributed by atoms with Gasteiger partial charge in [0.1, 0.15) is 5.54 Å². The molecule has 3 saturated heterocycles. The molecule has 0 aliphatic carbocycles. The van der Waals surface area contributed by atoms with Gasteiger partial charge in [0.05, 0.1) is 22.5 Å². The normalized spacial score (nSPS) is 31.4. The molecule has 0 bridgehead atoms. The number of nitrogens with zero attached hydrogens (tertiary/aromatic N) is 2. The van der Waals surface area contributed by atoms with E-state index in [4.69, 9.17) is 34.8 Å². The minimum absolute atomic E-state index is 0.208. The highest BCUT2D eigenvalue weighted by molar-refractivity contribution is 6.38. The van der Waals surface area contributed by atoms with Crippen molar-refractivity contribution < 1.29 is 14.4 Å². The van der Waals surface area contributed by atoms with Gasteiger partial charge in [-0.05, 0) is 55.8 Å². The maximum atomic E-state index is 13.9. The van der Waals surface area contributed by atoms with Gasteiger partial charge in [0.15, 0.2) is 0 Å². The monoisotopic (exact) mass is 475 g/mol. The molecule has 4 heterocycles. The van der Waals surface area contributed by atoms with Crippen LogP contribution in [0, 0.1) is 11.8 Å². The standard InChI is InChI=1S/C22H16Cl3N3O3/c23-10-4-6-14-12(8-10)22(21(31)26-14)18-17(15-2-1-7-27(15)22)19(29)28(20(18)30)16-9-11(24)3-5-13(16)25/h3-6,8-9,15,17-18H,1-2,7H2,(H,26,31)/t15-,17+,18+,22+/m1/s1. The second-order valence-electron chi connectivity index (χ2n) is 8.42. The van der Waals surface area contributed by atoms with Gasteiger partial charge in [0, 0.05) is 27.3 Å². The summed E-state index contributed by atoms with van der Waals surface area (Å²) in [5, 5.41) is 4.02. The van der Waals surface area contributed by atoms with Crippen molar-refractivity contribution in [3.05, 3.63) is 57.0 Å². The topological polar surface area (TPSA) is 69.7 Å². The van der Waals surface area contributed by atoms with E-state index in [1.165, 1.54) is 6.07 Å². The van der Waals surface area contributed by atoms with Crippen LogP contribution < -0.4 is 10.2 Å². The molecule has 0 unspecified atom stereocenters. The zero-order chi connectivity index (χ0) is 21.7. The average molecular weight is 477 g/mol. The maximum Gasteiger partial charge on any atom is 0.250 e. The Morgan fingerprint density at radius 2 is 1.71 bits per heavy atom. The van der Waals surface area contributed by atoms with Crippen molar-refractivity contribution in [2.45, 2.75) is 24.4 Å². The van der Waals surface area contributed by atoms with Gasteiger partial charge >= 0.3 is 0 Å². The Balaban J connectivity index is 1.58. The number of fused-ring (bicyclic) bond motifs is 7. The Bertz CT molecular complexity index is 1200. The van der Waals surface area contributed by atoms with E-state index in [2.05, 4.69) is 5.32 Å². The van der Waals surface area contributed by atoms with Gasteiger partial charge in [0.2, 0.25) is 17.7 Å². The molecule has 4 aliphatic rings. The van der Waals surface area contributed by atoms with Crippen molar-refractivity contribution >= 4 is 63.9 Å². The molecule has 4 atom stereocenters. The fraction of sp³-hybridized carbons (Fsp3) is 0.318. The largest absolute Gasteiger partial charge is 0.324 e. The molecule has 31 heavy (non-hydrogen) atoms. The summed E-state index contributed by atoms with van der Waals surface area (Å²) in [6.45, 7) is 0.634. The number of benzene rings is 2. The van der Waals surface area contributed by atoms with Crippen LogP contribution in [0.4, 0.5) is 11.4 Å². The van der Waals surface area contributed by atoms with E-state index in [9.17, 15) is 14.4 Å². The molecular weight excluding hydrogens is 461 g/mol. The Morgan fingerprint density at radius 3 is 2.52 bits per heavy atom. The van der Waals surface area contributed by atoms with Crippen molar-refractivity contribution in [1.29, 1.82) is 0 Å². The minimum Gasteiger partial charge on any atom is -0.324 e. The van der Waals surface area contributed by atoms with Crippen molar-refractivity contribution in [1.82, 2.24) is 4.90 Å². The van der Waals surface area contributed by atoms with Gasteiger partial charge in [-0.15, -0.1) is 0 Å². The summed E-state index contributed by atoms with van der Waals surface area (Å²) < 4.78 is 0. The Labute approximate surface area is 193 Å². The Kier molecular flexibility index (Phi) is 4.07. The van der Waals surface area contributed by atoms with Crippen LogP contribution in [0.15, 0.2) is 36.4 Å². The van der Waals surface area contributed by atoms with Crippen LogP contribution in [0.1, 0.15) is 18.4 Å². The first kappa shape index (κ1) is 19.6. The number of carbonyl (C=O) groups is 3. The number of rotatable bonds is 1. The summed E-state index contributed by atoms with van der Waals surface area (Å²) >= 11 is 18.8. The number of nitrogens with one attached hydrogen (secondary N) is 1. The van der Waals surface area contributed by atoms with Crippen molar-refractivity contribution in [3.63, 3.8) is 0 Å². The molecule has 9 heteroatoms. The molecule has 2 aromatic carbocycles. The molecule has 4 aliphatic heterocycles. The maximum absolute atomic E-state index is 13.9. The highest BCUT2D eigenvalue weighted by atomic mass is 35.5. The first-order valence-corrected chi connectivity index (χ1v) is 11.2. The first-order chi connectivity index (χ1) is 14.9. The third-order valence-corrected chi connectivity index (χ3v) is 7.89. The predicted octanol–water partition coefficient (Wildman–Crippen LogP) is 4.08. The van der Waals surface area contributed by atoms with Crippen LogP contribution in [-0.4, -0.2) is 35.2 Å². The highest BCUT2D eigenvalue weighted by Gasteiger charge is 2.74. The van der Waals surface area contributed by atoms with Crippen LogP contribution in [0.25, 0.3) is 0 Å². The predicted molar refractivity (Wildman–Crippen MR) is 117 cm³/mol. The molecule has 0 saturated carbocycles. The molecule has 6 nitrogen and oxygen atoms in total. The summed E-state index contributed by atoms with van der Waals surface area (Å²) in [5.74, 6) is -2.56. The van der Waals surface area contributed by atoms with Crippen molar-refractivity contribution in [3.8, 4) is 0 Å². The van der Waals surface area contributed by atoms with E-state index in [0.717, 1.165) is 17.7 Å². The van der Waals surface area contributed by atoms with Crippen LogP contribution in [-0.2, 0) is 19.9 Å². The number of imide groups is 1. The third-order valence-electron chi connectivity index (χ3n) is 7.10. The van der Waals surface area contributed by atoms with Crippen molar-refractivity contribution in [2.24, 2.45) is 11.8 Å². The van der Waals surface area contributed by atoms with Gasteiger partial charge < -0.3 is 5.32 Å². The number of hydrogen-bond acceptors (Lipinski definition) is 4. The van der Waals surface area contributed by atoms with Crippen molar-refractivity contribution in [2.75, 3.05) is 16.8 Å².